The van der Waals surface area contributed by atoms with E-state index in [0.717, 1.165) is 38.0 Å². The minimum Gasteiger partial charge on any atom is -0.309 e. The zero-order valence-electron chi connectivity index (χ0n) is 28.1. The summed E-state index contributed by atoms with van der Waals surface area (Å²) in [5, 5.41) is 3.43. The summed E-state index contributed by atoms with van der Waals surface area (Å²) in [7, 11) is 0. The van der Waals surface area contributed by atoms with Crippen LogP contribution in [0, 0.1) is 0 Å². The predicted octanol–water partition coefficient (Wildman–Crippen LogP) is 11.6. The second-order valence-electron chi connectivity index (χ2n) is 10.3. The second kappa shape index (κ2) is 10.8. The Kier molecular flexibility index (Phi) is 5.14. The van der Waals surface area contributed by atoms with Crippen molar-refractivity contribution in [1.29, 1.82) is 0 Å². The number of rotatable bonds is 6. The van der Waals surface area contributed by atoms with Gasteiger partial charge in [-0.05, 0) is 83.4 Å². The maximum atomic E-state index is 8.42. The van der Waals surface area contributed by atoms with Crippen molar-refractivity contribution in [3.63, 3.8) is 0 Å². The summed E-state index contributed by atoms with van der Waals surface area (Å²) in [6, 6.07) is 46.1. The lowest BCUT2D eigenvalue weighted by Gasteiger charge is -2.23. The predicted molar refractivity (Wildman–Crippen MR) is 184 cm³/mol. The van der Waals surface area contributed by atoms with E-state index in [4.69, 9.17) is 6.85 Å². The molecule has 0 saturated carbocycles. The molecule has 0 aliphatic heterocycles. The number of nitrogens with zero attached hydrogens (tertiary/aromatic N) is 2. The van der Waals surface area contributed by atoms with Crippen LogP contribution in [0.1, 0.15) is 6.85 Å². The van der Waals surface area contributed by atoms with E-state index in [2.05, 4.69) is 100 Å². The molecule has 0 bridgehead atoms. The van der Waals surface area contributed by atoms with Gasteiger partial charge in [0.15, 0.2) is 0 Å². The fourth-order valence-electron chi connectivity index (χ4n) is 5.74. The monoisotopic (exact) mass is 573 g/mol. The summed E-state index contributed by atoms with van der Waals surface area (Å²) in [6.45, 7) is 0. The van der Waals surface area contributed by atoms with Gasteiger partial charge in [0.05, 0.1) is 17.9 Å². The molecule has 2 heterocycles. The molecule has 0 unspecified atom stereocenters. The highest BCUT2D eigenvalue weighted by atomic mass is 32.1. The lowest BCUT2D eigenvalue weighted by Crippen LogP contribution is -2.07. The van der Waals surface area contributed by atoms with Gasteiger partial charge in [0.25, 0.3) is 0 Å². The van der Waals surface area contributed by atoms with Crippen molar-refractivity contribution in [1.82, 2.24) is 4.57 Å². The summed E-state index contributed by atoms with van der Waals surface area (Å²) < 4.78 is 43.3. The third-order valence-electron chi connectivity index (χ3n) is 7.71. The molecule has 8 aromatic rings. The van der Waals surface area contributed by atoms with Gasteiger partial charge >= 0.3 is 0 Å². The van der Waals surface area contributed by atoms with Crippen molar-refractivity contribution in [3.8, 4) is 27.3 Å². The Bertz CT molecular complexity index is 2420. The van der Waals surface area contributed by atoms with Crippen molar-refractivity contribution in [2.75, 3.05) is 4.90 Å². The summed E-state index contributed by atoms with van der Waals surface area (Å²) >= 11 is 1.70. The first-order chi connectivity index (χ1) is 23.4. The van der Waals surface area contributed by atoms with Crippen LogP contribution in [0.4, 0.5) is 16.4 Å². The molecule has 0 atom stereocenters. The van der Waals surface area contributed by atoms with Gasteiger partial charge in [-0.3, -0.25) is 0 Å². The molecule has 0 N–H and O–H groups in total. The normalized spacial score (nSPS) is 12.9. The average Bonchev–Trinajstić information content (AvgIpc) is 3.75. The zero-order chi connectivity index (χ0) is 32.9. The van der Waals surface area contributed by atoms with Crippen LogP contribution in [0.25, 0.3) is 49.1 Å². The highest BCUT2D eigenvalue weighted by Gasteiger charge is 2.17. The summed E-state index contributed by atoms with van der Waals surface area (Å²) in [5.41, 5.74) is 7.25. The number of fused-ring (bicyclic) bond motifs is 3. The summed E-state index contributed by atoms with van der Waals surface area (Å²) in [6.07, 6.45) is 0. The van der Waals surface area contributed by atoms with Crippen LogP contribution >= 0.6 is 11.3 Å². The summed E-state index contributed by atoms with van der Waals surface area (Å²) in [4.78, 5) is 3.32. The smallest absolute Gasteiger partial charge is 0.101 e. The van der Waals surface area contributed by atoms with Gasteiger partial charge in [0.1, 0.15) is 5.00 Å². The average molecular weight is 574 g/mol. The molecule has 0 saturated heterocycles. The molecule has 2 aromatic heterocycles. The van der Waals surface area contributed by atoms with Crippen molar-refractivity contribution < 1.29 is 6.85 Å². The van der Waals surface area contributed by atoms with Crippen LogP contribution < -0.4 is 4.90 Å². The molecule has 0 amide bonds. The van der Waals surface area contributed by atoms with Gasteiger partial charge in [0, 0.05) is 32.7 Å². The molecule has 0 fully saturated rings. The van der Waals surface area contributed by atoms with E-state index in [1.807, 2.05) is 48.5 Å². The second-order valence-corrected chi connectivity index (χ2v) is 11.3. The van der Waals surface area contributed by atoms with Crippen LogP contribution in [-0.4, -0.2) is 4.57 Å². The topological polar surface area (TPSA) is 8.17 Å². The fourth-order valence-corrected chi connectivity index (χ4v) is 6.78. The van der Waals surface area contributed by atoms with Gasteiger partial charge < -0.3 is 9.47 Å². The van der Waals surface area contributed by atoms with E-state index in [0.29, 0.717) is 5.56 Å². The molecule has 0 radical (unpaired) electrons. The van der Waals surface area contributed by atoms with Gasteiger partial charge in [-0.1, -0.05) is 103 Å². The van der Waals surface area contributed by atoms with Gasteiger partial charge in [-0.2, -0.15) is 0 Å². The van der Waals surface area contributed by atoms with Gasteiger partial charge in [0.2, 0.25) is 0 Å². The quantitative estimate of drug-likeness (QED) is 0.192. The molecule has 2 nitrogen and oxygen atoms in total. The fraction of sp³-hybridized carbons (Fsp3) is 0. The Morgan fingerprint density at radius 1 is 0.512 bits per heavy atom. The van der Waals surface area contributed by atoms with E-state index in [1.165, 1.54) is 16.3 Å². The maximum Gasteiger partial charge on any atom is 0.101 e. The lowest BCUT2D eigenvalue weighted by atomic mass is 10.1. The number of benzene rings is 6. The Hall–Kier alpha value is -5.38. The minimum atomic E-state index is -0.393. The van der Waals surface area contributed by atoms with Crippen molar-refractivity contribution in [2.24, 2.45) is 0 Å². The van der Waals surface area contributed by atoms with E-state index >= 15 is 0 Å². The first-order valence-corrected chi connectivity index (χ1v) is 14.9. The molecule has 8 rings (SSSR count). The third-order valence-corrected chi connectivity index (χ3v) is 8.83. The number of anilines is 3. The Morgan fingerprint density at radius 3 is 1.95 bits per heavy atom. The SMILES string of the molecule is [2H]c1c([2H])c([2H])c(-c2ccc(N(c3ccccc3)c3ccc(-c4ccc5c(c4)c4ccccc4n5-c4ccccc4)s3)cc2)c([2H])c1[2H]. The van der Waals surface area contributed by atoms with Crippen LogP contribution in [0.5, 0.6) is 0 Å². The molecule has 0 spiro atoms. The number of hydrogen-bond donors (Lipinski definition) is 0. The molecule has 204 valence electrons. The third kappa shape index (κ3) is 4.61. The lowest BCUT2D eigenvalue weighted by molar-refractivity contribution is 1.18. The molecule has 6 aromatic carbocycles. The highest BCUT2D eigenvalue weighted by Crippen LogP contribution is 2.43. The van der Waals surface area contributed by atoms with E-state index < -0.39 is 6.04 Å². The minimum absolute atomic E-state index is 0.196. The zero-order valence-corrected chi connectivity index (χ0v) is 23.9. The van der Waals surface area contributed by atoms with Gasteiger partial charge in [-0.15, -0.1) is 11.3 Å². The maximum absolute atomic E-state index is 8.42. The Balaban J connectivity index is 1.20. The van der Waals surface area contributed by atoms with Crippen LogP contribution in [0.15, 0.2) is 170 Å². The standard InChI is InChI=1S/C40H28N2S/c1-4-12-29(13-5-1)30-20-23-34(24-21-30)41(32-14-6-2-7-15-32)40-27-26-39(43-40)31-22-25-38-36(28-31)35-18-10-11-19-37(35)42(38)33-16-8-3-9-17-33/h1-28H/i1D,4D,5D,12D,13D. The first kappa shape index (κ1) is 20.5. The molecular formula is C40H28N2S. The Morgan fingerprint density at radius 2 is 1.16 bits per heavy atom. The summed E-state index contributed by atoms with van der Waals surface area (Å²) in [5.74, 6) is 0. The van der Waals surface area contributed by atoms with Crippen molar-refractivity contribution >= 4 is 49.5 Å². The van der Waals surface area contributed by atoms with Gasteiger partial charge in [-0.25, -0.2) is 0 Å². The number of aromatic nitrogens is 1. The van der Waals surface area contributed by atoms with E-state index in [1.54, 1.807) is 11.3 Å². The molecule has 3 heteroatoms. The van der Waals surface area contributed by atoms with Crippen LogP contribution in [-0.2, 0) is 0 Å². The van der Waals surface area contributed by atoms with Crippen LogP contribution in [0.2, 0.25) is 0 Å². The van der Waals surface area contributed by atoms with E-state index in [9.17, 15) is 0 Å². The largest absolute Gasteiger partial charge is 0.309 e. The van der Waals surface area contributed by atoms with E-state index in [-0.39, 0.29) is 29.7 Å². The van der Waals surface area contributed by atoms with Crippen molar-refractivity contribution in [2.45, 2.75) is 0 Å². The highest BCUT2D eigenvalue weighted by molar-refractivity contribution is 7.19. The number of para-hydroxylation sites is 3. The number of hydrogen-bond acceptors (Lipinski definition) is 2. The van der Waals surface area contributed by atoms with Crippen LogP contribution in [0.3, 0.4) is 0 Å². The van der Waals surface area contributed by atoms with Crippen molar-refractivity contribution in [3.05, 3.63) is 170 Å². The Labute approximate surface area is 262 Å². The molecule has 0 aliphatic carbocycles. The first-order valence-electron chi connectivity index (χ1n) is 16.6. The molecule has 0 aliphatic rings. The molecule has 43 heavy (non-hydrogen) atoms. The molecular weight excluding hydrogens is 541 g/mol. The number of thiophene rings is 1.